The average Bonchev–Trinajstić information content (AvgIpc) is 2.77. The molecular weight excluding hydrogens is 292 g/mol. The van der Waals surface area contributed by atoms with Crippen LogP contribution in [-0.4, -0.2) is 18.0 Å². The zero-order valence-corrected chi connectivity index (χ0v) is 11.8. The molecule has 21 heavy (non-hydrogen) atoms. The molecule has 4 nitrogen and oxygen atoms in total. The van der Waals surface area contributed by atoms with E-state index >= 15 is 0 Å². The van der Waals surface area contributed by atoms with E-state index in [-0.39, 0.29) is 17.3 Å². The molecule has 0 saturated heterocycles. The van der Waals surface area contributed by atoms with Crippen molar-refractivity contribution in [2.24, 2.45) is 0 Å². The van der Waals surface area contributed by atoms with E-state index in [9.17, 15) is 9.90 Å². The van der Waals surface area contributed by atoms with Crippen molar-refractivity contribution in [2.45, 2.75) is 0 Å². The van der Waals surface area contributed by atoms with E-state index in [0.717, 1.165) is 0 Å². The Labute approximate surface area is 126 Å². The predicted molar refractivity (Wildman–Crippen MR) is 79.0 cm³/mol. The van der Waals surface area contributed by atoms with Gasteiger partial charge in [0.2, 0.25) is 5.78 Å². The average molecular weight is 303 g/mol. The van der Waals surface area contributed by atoms with Crippen LogP contribution in [0.2, 0.25) is 5.02 Å². The quantitative estimate of drug-likeness (QED) is 0.860. The number of hydrogen-bond donors (Lipinski definition) is 1. The molecule has 106 valence electrons. The van der Waals surface area contributed by atoms with E-state index in [1.54, 1.807) is 36.4 Å². The number of methoxy groups -OCH3 is 1. The number of rotatable bonds is 2. The van der Waals surface area contributed by atoms with Crippen LogP contribution < -0.4 is 9.47 Å². The molecular formula is C16H11ClO4. The minimum atomic E-state index is -0.223. The van der Waals surface area contributed by atoms with Gasteiger partial charge in [-0.3, -0.25) is 4.79 Å². The topological polar surface area (TPSA) is 55.8 Å². The van der Waals surface area contributed by atoms with Gasteiger partial charge in [0.15, 0.2) is 17.3 Å². The van der Waals surface area contributed by atoms with Crippen LogP contribution in [-0.2, 0) is 0 Å². The number of ether oxygens (including phenoxy) is 2. The van der Waals surface area contributed by atoms with Gasteiger partial charge < -0.3 is 14.6 Å². The molecule has 0 aromatic heterocycles. The molecule has 0 radical (unpaired) electrons. The van der Waals surface area contributed by atoms with E-state index < -0.39 is 0 Å². The summed E-state index contributed by atoms with van der Waals surface area (Å²) in [5.74, 6) is 0.838. The number of aromatic hydroxyl groups is 1. The maximum Gasteiger partial charge on any atom is 0.232 e. The summed E-state index contributed by atoms with van der Waals surface area (Å²) >= 11 is 5.88. The van der Waals surface area contributed by atoms with Crippen LogP contribution in [0.5, 0.6) is 17.2 Å². The normalized spacial score (nSPS) is 15.0. The number of allylic oxidation sites excluding steroid dienone is 1. The summed E-state index contributed by atoms with van der Waals surface area (Å²) in [6.07, 6.45) is 1.60. The lowest BCUT2D eigenvalue weighted by molar-refractivity contribution is 0.101. The third-order valence-corrected chi connectivity index (χ3v) is 3.37. The zero-order valence-electron chi connectivity index (χ0n) is 11.1. The SMILES string of the molecule is COc1cc(C=C2Oc3ccc(Cl)cc3C2=O)ccc1O. The Hall–Kier alpha value is -2.46. The van der Waals surface area contributed by atoms with E-state index in [1.807, 2.05) is 0 Å². The second kappa shape index (κ2) is 5.14. The maximum atomic E-state index is 12.2. The molecule has 0 bridgehead atoms. The molecule has 0 spiro atoms. The first-order chi connectivity index (χ1) is 10.1. The second-order valence-electron chi connectivity index (χ2n) is 4.51. The van der Waals surface area contributed by atoms with Crippen LogP contribution in [0.1, 0.15) is 15.9 Å². The Morgan fingerprint density at radius 1 is 1.24 bits per heavy atom. The van der Waals surface area contributed by atoms with Gasteiger partial charge in [-0.15, -0.1) is 0 Å². The van der Waals surface area contributed by atoms with Gasteiger partial charge in [-0.2, -0.15) is 0 Å². The van der Waals surface area contributed by atoms with Crippen LogP contribution in [0.4, 0.5) is 0 Å². The van der Waals surface area contributed by atoms with E-state index in [1.165, 1.54) is 13.2 Å². The first-order valence-corrected chi connectivity index (χ1v) is 6.57. The van der Waals surface area contributed by atoms with Crippen molar-refractivity contribution in [3.05, 3.63) is 58.3 Å². The number of benzene rings is 2. The highest BCUT2D eigenvalue weighted by Crippen LogP contribution is 2.34. The third kappa shape index (κ3) is 2.45. The number of hydrogen-bond acceptors (Lipinski definition) is 4. The number of ketones is 1. The van der Waals surface area contributed by atoms with Gasteiger partial charge in [0, 0.05) is 5.02 Å². The molecule has 0 amide bonds. The third-order valence-electron chi connectivity index (χ3n) is 3.13. The van der Waals surface area contributed by atoms with Crippen molar-refractivity contribution in [2.75, 3.05) is 7.11 Å². The molecule has 2 aromatic carbocycles. The monoisotopic (exact) mass is 302 g/mol. The number of carbonyl (C=O) groups excluding carboxylic acids is 1. The minimum absolute atomic E-state index is 0.0355. The van der Waals surface area contributed by atoms with Gasteiger partial charge >= 0.3 is 0 Å². The highest BCUT2D eigenvalue weighted by atomic mass is 35.5. The fraction of sp³-hybridized carbons (Fsp3) is 0.0625. The van der Waals surface area contributed by atoms with E-state index in [4.69, 9.17) is 21.1 Å². The summed E-state index contributed by atoms with van der Waals surface area (Å²) in [5.41, 5.74) is 1.13. The molecule has 0 aliphatic carbocycles. The second-order valence-corrected chi connectivity index (χ2v) is 4.95. The summed E-state index contributed by atoms with van der Waals surface area (Å²) in [4.78, 5) is 12.2. The number of halogens is 1. The number of phenols is 1. The van der Waals surface area contributed by atoms with Gasteiger partial charge in [0.25, 0.3) is 0 Å². The molecule has 1 heterocycles. The molecule has 5 heteroatoms. The fourth-order valence-electron chi connectivity index (χ4n) is 2.10. The van der Waals surface area contributed by atoms with E-state index in [0.29, 0.717) is 27.6 Å². The lowest BCUT2D eigenvalue weighted by Crippen LogP contribution is -1.98. The minimum Gasteiger partial charge on any atom is -0.504 e. The molecule has 1 aliphatic heterocycles. The number of Topliss-reactive ketones (excluding diaryl/α,β-unsaturated/α-hetero) is 1. The molecule has 2 aromatic rings. The Balaban J connectivity index is 1.97. The number of carbonyl (C=O) groups is 1. The Bertz CT molecular complexity index is 765. The summed E-state index contributed by atoms with van der Waals surface area (Å²) < 4.78 is 10.6. The van der Waals surface area contributed by atoms with Crippen molar-refractivity contribution >= 4 is 23.5 Å². The van der Waals surface area contributed by atoms with Gasteiger partial charge in [0.1, 0.15) is 5.75 Å². The number of fused-ring (bicyclic) bond motifs is 1. The van der Waals surface area contributed by atoms with Crippen LogP contribution in [0.15, 0.2) is 42.2 Å². The van der Waals surface area contributed by atoms with Crippen molar-refractivity contribution in [3.8, 4) is 17.2 Å². The summed E-state index contributed by atoms with van der Waals surface area (Å²) in [6, 6.07) is 9.69. The molecule has 0 unspecified atom stereocenters. The Morgan fingerprint density at radius 2 is 2.05 bits per heavy atom. The van der Waals surface area contributed by atoms with Crippen molar-refractivity contribution in [3.63, 3.8) is 0 Å². The van der Waals surface area contributed by atoms with Crippen LogP contribution in [0, 0.1) is 0 Å². The summed E-state index contributed by atoms with van der Waals surface area (Å²) in [5, 5.41) is 10.0. The maximum absolute atomic E-state index is 12.2. The molecule has 0 atom stereocenters. The van der Waals surface area contributed by atoms with Crippen LogP contribution >= 0.6 is 11.6 Å². The van der Waals surface area contributed by atoms with Crippen LogP contribution in [0.3, 0.4) is 0 Å². The first-order valence-electron chi connectivity index (χ1n) is 6.19. The van der Waals surface area contributed by atoms with Gasteiger partial charge in [-0.25, -0.2) is 0 Å². The number of phenolic OH excluding ortho intramolecular Hbond substituents is 1. The zero-order chi connectivity index (χ0) is 15.0. The van der Waals surface area contributed by atoms with E-state index in [2.05, 4.69) is 0 Å². The standard InChI is InChI=1S/C16H11ClO4/c1-20-14-6-9(2-4-12(14)18)7-15-16(19)11-8-10(17)3-5-13(11)21-15/h2-8,18H,1H3. The summed E-state index contributed by atoms with van der Waals surface area (Å²) in [7, 11) is 1.46. The van der Waals surface area contributed by atoms with Gasteiger partial charge in [0.05, 0.1) is 12.7 Å². The predicted octanol–water partition coefficient (Wildman–Crippen LogP) is 3.67. The largest absolute Gasteiger partial charge is 0.504 e. The van der Waals surface area contributed by atoms with Gasteiger partial charge in [-0.05, 0) is 42.0 Å². The van der Waals surface area contributed by atoms with Crippen molar-refractivity contribution in [1.82, 2.24) is 0 Å². The molecule has 1 N–H and O–H groups in total. The summed E-state index contributed by atoms with van der Waals surface area (Å²) in [6.45, 7) is 0. The van der Waals surface area contributed by atoms with Crippen LogP contribution in [0.25, 0.3) is 6.08 Å². The first kappa shape index (κ1) is 13.5. The molecule has 3 rings (SSSR count). The fourth-order valence-corrected chi connectivity index (χ4v) is 2.27. The smallest absolute Gasteiger partial charge is 0.232 e. The molecule has 1 aliphatic rings. The molecule has 0 fully saturated rings. The lowest BCUT2D eigenvalue weighted by atomic mass is 10.1. The lowest BCUT2D eigenvalue weighted by Gasteiger charge is -2.04. The van der Waals surface area contributed by atoms with Gasteiger partial charge in [-0.1, -0.05) is 17.7 Å². The van der Waals surface area contributed by atoms with Crippen molar-refractivity contribution in [1.29, 1.82) is 0 Å². The highest BCUT2D eigenvalue weighted by molar-refractivity contribution is 6.31. The molecule has 0 saturated carbocycles. The highest BCUT2D eigenvalue weighted by Gasteiger charge is 2.27. The Kier molecular flexibility index (Phi) is 3.31. The van der Waals surface area contributed by atoms with Crippen molar-refractivity contribution < 1.29 is 19.4 Å². The Morgan fingerprint density at radius 3 is 2.81 bits per heavy atom.